The van der Waals surface area contributed by atoms with E-state index in [-0.39, 0.29) is 17.4 Å². The standard InChI is InChI=1S/C25H37N3O/c1-6-12-28-15-17(27-24(29)25(5,7-2)8-3)13-20-18-10-9-11-21-23(18)19(14-22(20)28)16(4)26-21/h9-11,17,20,22,26H,6-8,12-15H2,1-5H3,(H,27,29)/t17-,20?,22+/m0/s1. The second-order valence-corrected chi connectivity index (χ2v) is 9.55. The molecule has 0 spiro atoms. The molecule has 1 aliphatic heterocycles. The Labute approximate surface area is 175 Å². The molecule has 2 heterocycles. The lowest BCUT2D eigenvalue weighted by Crippen LogP contribution is -2.57. The Kier molecular flexibility index (Phi) is 5.50. The van der Waals surface area contributed by atoms with E-state index in [1.54, 1.807) is 0 Å². The van der Waals surface area contributed by atoms with E-state index in [1.807, 2.05) is 0 Å². The second kappa shape index (κ2) is 7.79. The maximum absolute atomic E-state index is 13.1. The summed E-state index contributed by atoms with van der Waals surface area (Å²) in [6.07, 6.45) is 5.09. The third-order valence-electron chi connectivity index (χ3n) is 7.87. The van der Waals surface area contributed by atoms with Crippen molar-refractivity contribution < 1.29 is 4.79 Å². The van der Waals surface area contributed by atoms with Gasteiger partial charge < -0.3 is 10.3 Å². The van der Waals surface area contributed by atoms with E-state index < -0.39 is 0 Å². The van der Waals surface area contributed by atoms with Gasteiger partial charge in [0.1, 0.15) is 0 Å². The molecule has 1 fully saturated rings. The lowest BCUT2D eigenvalue weighted by Gasteiger charge is -2.48. The van der Waals surface area contributed by atoms with Gasteiger partial charge in [-0.3, -0.25) is 9.69 Å². The maximum Gasteiger partial charge on any atom is 0.226 e. The fourth-order valence-corrected chi connectivity index (χ4v) is 5.65. The molecule has 4 rings (SSSR count). The van der Waals surface area contributed by atoms with E-state index in [0.29, 0.717) is 12.0 Å². The fourth-order valence-electron chi connectivity index (χ4n) is 5.65. The number of carbonyl (C=O) groups is 1. The van der Waals surface area contributed by atoms with E-state index in [2.05, 4.69) is 68.0 Å². The zero-order valence-corrected chi connectivity index (χ0v) is 18.8. The van der Waals surface area contributed by atoms with Gasteiger partial charge in [0.2, 0.25) is 5.91 Å². The maximum atomic E-state index is 13.1. The van der Waals surface area contributed by atoms with Crippen molar-refractivity contribution in [3.05, 3.63) is 35.0 Å². The molecule has 2 N–H and O–H groups in total. The van der Waals surface area contributed by atoms with Crippen LogP contribution >= 0.6 is 0 Å². The van der Waals surface area contributed by atoms with E-state index >= 15 is 0 Å². The van der Waals surface area contributed by atoms with Crippen LogP contribution in [0.15, 0.2) is 18.2 Å². The summed E-state index contributed by atoms with van der Waals surface area (Å²) >= 11 is 0. The Bertz CT molecular complexity index is 895. The quantitative estimate of drug-likeness (QED) is 0.730. The van der Waals surface area contributed by atoms with Gasteiger partial charge >= 0.3 is 0 Å². The van der Waals surface area contributed by atoms with Crippen molar-refractivity contribution in [1.82, 2.24) is 15.2 Å². The Balaban J connectivity index is 1.66. The van der Waals surface area contributed by atoms with Crippen LogP contribution in [0.1, 0.15) is 76.1 Å². The first-order valence-electron chi connectivity index (χ1n) is 11.6. The van der Waals surface area contributed by atoms with Crippen molar-refractivity contribution in [2.45, 2.75) is 84.7 Å². The van der Waals surface area contributed by atoms with E-state index in [4.69, 9.17) is 0 Å². The van der Waals surface area contributed by atoms with Crippen LogP contribution in [0.2, 0.25) is 0 Å². The van der Waals surface area contributed by atoms with Gasteiger partial charge in [-0.25, -0.2) is 0 Å². The number of aromatic nitrogens is 1. The average Bonchev–Trinajstić information content (AvgIpc) is 3.04. The molecule has 4 heteroatoms. The van der Waals surface area contributed by atoms with Gasteiger partial charge in [-0.2, -0.15) is 0 Å². The van der Waals surface area contributed by atoms with E-state index in [9.17, 15) is 4.79 Å². The number of hydrogen-bond acceptors (Lipinski definition) is 2. The van der Waals surface area contributed by atoms with Gasteiger partial charge in [0.05, 0.1) is 0 Å². The molecule has 2 aliphatic rings. The molecule has 0 bridgehead atoms. The molecular formula is C25H37N3O. The van der Waals surface area contributed by atoms with Crippen LogP contribution in [-0.4, -0.2) is 41.0 Å². The largest absolute Gasteiger partial charge is 0.358 e. The first kappa shape index (κ1) is 20.5. The van der Waals surface area contributed by atoms with Crippen LogP contribution in [0.25, 0.3) is 10.9 Å². The zero-order chi connectivity index (χ0) is 20.8. The number of aromatic amines is 1. The zero-order valence-electron chi connectivity index (χ0n) is 18.8. The highest BCUT2D eigenvalue weighted by Crippen LogP contribution is 2.44. The predicted molar refractivity (Wildman–Crippen MR) is 120 cm³/mol. The molecule has 4 nitrogen and oxygen atoms in total. The highest BCUT2D eigenvalue weighted by atomic mass is 16.2. The molecule has 1 aliphatic carbocycles. The monoisotopic (exact) mass is 395 g/mol. The molecule has 1 aromatic heterocycles. The minimum absolute atomic E-state index is 0.226. The number of likely N-dealkylation sites (tertiary alicyclic amines) is 1. The Morgan fingerprint density at radius 1 is 1.28 bits per heavy atom. The van der Waals surface area contributed by atoms with Crippen molar-refractivity contribution in [2.75, 3.05) is 13.1 Å². The minimum atomic E-state index is -0.260. The molecule has 1 unspecified atom stereocenters. The Morgan fingerprint density at radius 2 is 2.03 bits per heavy atom. The minimum Gasteiger partial charge on any atom is -0.358 e. The van der Waals surface area contributed by atoms with Crippen molar-refractivity contribution in [3.63, 3.8) is 0 Å². The molecule has 3 atom stereocenters. The van der Waals surface area contributed by atoms with Crippen LogP contribution in [-0.2, 0) is 11.2 Å². The summed E-state index contributed by atoms with van der Waals surface area (Å²) < 4.78 is 0. The number of fused-ring (bicyclic) bond motifs is 2. The summed E-state index contributed by atoms with van der Waals surface area (Å²) in [6.45, 7) is 12.9. The normalized spacial score (nSPS) is 24.5. The summed E-state index contributed by atoms with van der Waals surface area (Å²) in [6, 6.07) is 7.49. The van der Waals surface area contributed by atoms with Crippen LogP contribution in [0, 0.1) is 12.3 Å². The Hall–Kier alpha value is -1.81. The number of benzene rings is 1. The Morgan fingerprint density at radius 3 is 2.72 bits per heavy atom. The van der Waals surface area contributed by atoms with Crippen LogP contribution in [0.4, 0.5) is 0 Å². The summed E-state index contributed by atoms with van der Waals surface area (Å²) in [5.41, 5.74) is 5.31. The van der Waals surface area contributed by atoms with Gasteiger partial charge in [0.25, 0.3) is 0 Å². The molecule has 2 aromatic rings. The highest BCUT2D eigenvalue weighted by Gasteiger charge is 2.42. The molecule has 1 aromatic carbocycles. The van der Waals surface area contributed by atoms with Gasteiger partial charge in [-0.15, -0.1) is 0 Å². The first-order valence-corrected chi connectivity index (χ1v) is 11.6. The summed E-state index contributed by atoms with van der Waals surface area (Å²) in [5, 5.41) is 4.90. The van der Waals surface area contributed by atoms with Crippen LogP contribution < -0.4 is 5.32 Å². The van der Waals surface area contributed by atoms with Crippen LogP contribution in [0.5, 0.6) is 0 Å². The van der Waals surface area contributed by atoms with Crippen LogP contribution in [0.3, 0.4) is 0 Å². The van der Waals surface area contributed by atoms with Crippen molar-refractivity contribution in [1.29, 1.82) is 0 Å². The molecule has 29 heavy (non-hydrogen) atoms. The molecule has 0 radical (unpaired) electrons. The number of nitrogens with zero attached hydrogens (tertiary/aromatic N) is 1. The number of hydrogen-bond donors (Lipinski definition) is 2. The lowest BCUT2D eigenvalue weighted by molar-refractivity contribution is -0.132. The van der Waals surface area contributed by atoms with Crippen molar-refractivity contribution in [2.24, 2.45) is 5.41 Å². The number of nitrogens with one attached hydrogen (secondary N) is 2. The number of aryl methyl sites for hydroxylation is 1. The number of amides is 1. The third-order valence-corrected chi connectivity index (χ3v) is 7.87. The van der Waals surface area contributed by atoms with E-state index in [1.165, 1.54) is 27.7 Å². The molecular weight excluding hydrogens is 358 g/mol. The summed E-state index contributed by atoms with van der Waals surface area (Å²) in [5.74, 6) is 0.719. The number of H-pyrrole nitrogens is 1. The average molecular weight is 396 g/mol. The smallest absolute Gasteiger partial charge is 0.226 e. The highest BCUT2D eigenvalue weighted by molar-refractivity contribution is 5.89. The number of carbonyl (C=O) groups excluding carboxylic acids is 1. The SMILES string of the molecule is CCCN1C[C@@H](NC(=O)C(C)(CC)CC)CC2c3cccc4[nH]c(C)c(c34)C[C@H]21. The third kappa shape index (κ3) is 3.39. The van der Waals surface area contributed by atoms with E-state index in [0.717, 1.165) is 45.2 Å². The molecule has 1 saturated heterocycles. The topological polar surface area (TPSA) is 48.1 Å². The van der Waals surface area contributed by atoms with Gasteiger partial charge in [0.15, 0.2) is 0 Å². The predicted octanol–water partition coefficient (Wildman–Crippen LogP) is 4.91. The molecule has 158 valence electrons. The second-order valence-electron chi connectivity index (χ2n) is 9.55. The lowest BCUT2D eigenvalue weighted by atomic mass is 9.73. The number of piperidine rings is 1. The van der Waals surface area contributed by atoms with Crippen molar-refractivity contribution in [3.8, 4) is 0 Å². The summed E-state index contributed by atoms with van der Waals surface area (Å²) in [7, 11) is 0. The van der Waals surface area contributed by atoms with Gasteiger partial charge in [-0.05, 0) is 62.8 Å². The van der Waals surface area contributed by atoms with Gasteiger partial charge in [0, 0.05) is 46.6 Å². The first-order chi connectivity index (χ1) is 13.9. The fraction of sp³-hybridized carbons (Fsp3) is 0.640. The molecule has 0 saturated carbocycles. The number of rotatable bonds is 6. The van der Waals surface area contributed by atoms with Crippen molar-refractivity contribution >= 4 is 16.8 Å². The summed E-state index contributed by atoms with van der Waals surface area (Å²) in [4.78, 5) is 19.3. The van der Waals surface area contributed by atoms with Gasteiger partial charge in [-0.1, -0.05) is 39.8 Å². The molecule has 1 amide bonds.